The van der Waals surface area contributed by atoms with E-state index in [1.165, 1.54) is 5.56 Å². The van der Waals surface area contributed by atoms with Crippen LogP contribution in [0.25, 0.3) is 0 Å². The molecule has 3 aromatic carbocycles. The van der Waals surface area contributed by atoms with Gasteiger partial charge in [-0.05, 0) is 42.3 Å². The second-order valence-corrected chi connectivity index (χ2v) is 10.7. The summed E-state index contributed by atoms with van der Waals surface area (Å²) in [6.45, 7) is 4.04. The van der Waals surface area contributed by atoms with E-state index in [0.717, 1.165) is 39.4 Å². The quantitative estimate of drug-likeness (QED) is 0.418. The Labute approximate surface area is 211 Å². The molecule has 0 N–H and O–H groups in total. The fourth-order valence-corrected chi connectivity index (χ4v) is 5.75. The highest BCUT2D eigenvalue weighted by atomic mass is 32.2. The molecule has 9 heteroatoms. The Morgan fingerprint density at radius 3 is 2.19 bits per heavy atom. The van der Waals surface area contributed by atoms with Crippen LogP contribution in [0.3, 0.4) is 0 Å². The number of hydrogen-bond acceptors (Lipinski definition) is 5. The lowest BCUT2D eigenvalue weighted by Gasteiger charge is -2.36. The second-order valence-electron chi connectivity index (χ2n) is 8.82. The largest absolute Gasteiger partial charge is 0.497 e. The van der Waals surface area contributed by atoms with Crippen LogP contribution in [-0.4, -0.2) is 57.5 Å². The lowest BCUT2D eigenvalue weighted by molar-refractivity contribution is 0.00761. The molecule has 0 aromatic heterocycles. The topological polar surface area (TPSA) is 59.1 Å². The van der Waals surface area contributed by atoms with Crippen molar-refractivity contribution >= 4 is 10.0 Å². The molecule has 0 amide bonds. The van der Waals surface area contributed by atoms with Crippen LogP contribution in [0.4, 0.5) is 8.78 Å². The molecule has 0 spiro atoms. The first-order chi connectivity index (χ1) is 17.3. The van der Waals surface area contributed by atoms with E-state index in [0.29, 0.717) is 26.2 Å². The van der Waals surface area contributed by atoms with Gasteiger partial charge in [0.15, 0.2) is 4.90 Å². The van der Waals surface area contributed by atoms with Crippen LogP contribution < -0.4 is 4.74 Å². The number of hydrogen-bond donors (Lipinski definition) is 0. The van der Waals surface area contributed by atoms with Crippen molar-refractivity contribution in [2.75, 3.05) is 39.8 Å². The Bertz CT molecular complexity index is 1260. The molecule has 1 atom stereocenters. The van der Waals surface area contributed by atoms with Crippen molar-refractivity contribution in [1.29, 1.82) is 0 Å². The molecule has 1 saturated heterocycles. The second kappa shape index (κ2) is 11.5. The Hall–Kier alpha value is -2.85. The highest BCUT2D eigenvalue weighted by Crippen LogP contribution is 2.27. The summed E-state index contributed by atoms with van der Waals surface area (Å²) >= 11 is 0. The zero-order chi connectivity index (χ0) is 25.7. The van der Waals surface area contributed by atoms with E-state index >= 15 is 0 Å². The first-order valence-electron chi connectivity index (χ1n) is 11.8. The van der Waals surface area contributed by atoms with E-state index in [9.17, 15) is 17.2 Å². The monoisotopic (exact) mass is 516 g/mol. The number of nitrogens with zero attached hydrogens (tertiary/aromatic N) is 2. The van der Waals surface area contributed by atoms with E-state index in [4.69, 9.17) is 9.47 Å². The molecule has 36 heavy (non-hydrogen) atoms. The molecule has 0 aliphatic carbocycles. The summed E-state index contributed by atoms with van der Waals surface area (Å²) < 4.78 is 67.0. The van der Waals surface area contributed by atoms with Crippen LogP contribution in [0.15, 0.2) is 71.6 Å². The number of methoxy groups -OCH3 is 1. The van der Waals surface area contributed by atoms with Crippen molar-refractivity contribution in [3.8, 4) is 5.75 Å². The van der Waals surface area contributed by atoms with Crippen molar-refractivity contribution in [2.45, 2.75) is 24.5 Å². The van der Waals surface area contributed by atoms with E-state index in [2.05, 4.69) is 4.90 Å². The summed E-state index contributed by atoms with van der Waals surface area (Å²) in [4.78, 5) is 1.21. The Kier molecular flexibility index (Phi) is 8.35. The maximum atomic E-state index is 14.2. The average Bonchev–Trinajstić information content (AvgIpc) is 2.87. The molecular weight excluding hydrogens is 486 g/mol. The summed E-state index contributed by atoms with van der Waals surface area (Å²) in [5.74, 6) is -1.45. The predicted molar refractivity (Wildman–Crippen MR) is 133 cm³/mol. The van der Waals surface area contributed by atoms with Crippen LogP contribution in [0.5, 0.6) is 5.75 Å². The van der Waals surface area contributed by atoms with E-state index < -0.39 is 26.6 Å². The molecule has 4 rings (SSSR count). The first kappa shape index (κ1) is 26.2. The number of halogens is 2. The lowest BCUT2D eigenvalue weighted by Crippen LogP contribution is -2.49. The number of sulfonamides is 1. The third-order valence-electron chi connectivity index (χ3n) is 6.31. The zero-order valence-corrected chi connectivity index (χ0v) is 21.2. The van der Waals surface area contributed by atoms with Crippen LogP contribution >= 0.6 is 0 Å². The number of ether oxygens (including phenoxy) is 2. The number of benzene rings is 3. The normalized spacial score (nSPS) is 16.1. The molecule has 1 heterocycles. The van der Waals surface area contributed by atoms with Crippen LogP contribution in [0.1, 0.15) is 22.8 Å². The predicted octanol–water partition coefficient (Wildman–Crippen LogP) is 4.55. The summed E-state index contributed by atoms with van der Waals surface area (Å²) in [5.41, 5.74) is 3.17. The molecule has 0 unspecified atom stereocenters. The van der Waals surface area contributed by atoms with Crippen LogP contribution in [0, 0.1) is 18.6 Å². The molecule has 0 bridgehead atoms. The van der Waals surface area contributed by atoms with Gasteiger partial charge < -0.3 is 9.47 Å². The van der Waals surface area contributed by atoms with E-state index in [1.807, 2.05) is 55.5 Å². The Balaban J connectivity index is 1.45. The molecule has 1 aliphatic rings. The Morgan fingerprint density at radius 1 is 0.917 bits per heavy atom. The highest BCUT2D eigenvalue weighted by molar-refractivity contribution is 7.89. The van der Waals surface area contributed by atoms with Gasteiger partial charge in [0.2, 0.25) is 10.0 Å². The summed E-state index contributed by atoms with van der Waals surface area (Å²) in [7, 11) is -2.67. The third-order valence-corrected chi connectivity index (χ3v) is 8.26. The molecule has 0 radical (unpaired) electrons. The number of rotatable bonds is 9. The van der Waals surface area contributed by atoms with Crippen LogP contribution in [-0.2, 0) is 21.4 Å². The molecular formula is C27H30F2N2O4S. The minimum Gasteiger partial charge on any atom is -0.497 e. The minimum atomic E-state index is -4.28. The van der Waals surface area contributed by atoms with Gasteiger partial charge in [0.25, 0.3) is 0 Å². The van der Waals surface area contributed by atoms with Crippen molar-refractivity contribution in [3.05, 3.63) is 95.1 Å². The molecule has 1 fully saturated rings. The van der Waals surface area contributed by atoms with Gasteiger partial charge in [0.1, 0.15) is 17.4 Å². The van der Waals surface area contributed by atoms with Gasteiger partial charge in [0.05, 0.1) is 19.8 Å². The van der Waals surface area contributed by atoms with Gasteiger partial charge in [-0.1, -0.05) is 48.0 Å². The molecule has 1 aliphatic heterocycles. The SMILES string of the molecule is COc1cccc([C@H](CN2CCN(S(=O)(=O)c3c(F)cccc3F)CC2)OCc2ccc(C)cc2)c1. The van der Waals surface area contributed by atoms with Crippen molar-refractivity contribution in [1.82, 2.24) is 9.21 Å². The fraction of sp³-hybridized carbons (Fsp3) is 0.333. The highest BCUT2D eigenvalue weighted by Gasteiger charge is 2.33. The van der Waals surface area contributed by atoms with Gasteiger partial charge >= 0.3 is 0 Å². The van der Waals surface area contributed by atoms with Gasteiger partial charge in [-0.15, -0.1) is 0 Å². The lowest BCUT2D eigenvalue weighted by atomic mass is 10.1. The molecule has 192 valence electrons. The summed E-state index contributed by atoms with van der Waals surface area (Å²) in [6, 6.07) is 18.9. The summed E-state index contributed by atoms with van der Waals surface area (Å²) in [6.07, 6.45) is -0.284. The fourth-order valence-electron chi connectivity index (χ4n) is 4.22. The minimum absolute atomic E-state index is 0.124. The number of aryl methyl sites for hydroxylation is 1. The van der Waals surface area contributed by atoms with E-state index in [1.54, 1.807) is 7.11 Å². The van der Waals surface area contributed by atoms with Gasteiger partial charge in [-0.25, -0.2) is 17.2 Å². The Morgan fingerprint density at radius 2 is 1.56 bits per heavy atom. The molecule has 6 nitrogen and oxygen atoms in total. The maximum Gasteiger partial charge on any atom is 0.249 e. The first-order valence-corrected chi connectivity index (χ1v) is 13.2. The van der Waals surface area contributed by atoms with Gasteiger partial charge in [0, 0.05) is 32.7 Å². The van der Waals surface area contributed by atoms with Crippen molar-refractivity contribution in [3.63, 3.8) is 0 Å². The van der Waals surface area contributed by atoms with E-state index in [-0.39, 0.29) is 19.2 Å². The summed E-state index contributed by atoms with van der Waals surface area (Å²) in [5, 5.41) is 0. The zero-order valence-electron chi connectivity index (χ0n) is 20.4. The molecule has 0 saturated carbocycles. The maximum absolute atomic E-state index is 14.2. The average molecular weight is 517 g/mol. The smallest absolute Gasteiger partial charge is 0.249 e. The van der Waals surface area contributed by atoms with Gasteiger partial charge in [-0.2, -0.15) is 4.31 Å². The van der Waals surface area contributed by atoms with Crippen molar-refractivity contribution in [2.24, 2.45) is 0 Å². The number of piperazine rings is 1. The van der Waals surface area contributed by atoms with Gasteiger partial charge in [-0.3, -0.25) is 4.90 Å². The molecule has 3 aromatic rings. The third kappa shape index (κ3) is 6.10. The van der Waals surface area contributed by atoms with Crippen molar-refractivity contribution < 1.29 is 26.7 Å². The standard InChI is InChI=1S/C27H30F2N2O4S/c1-20-9-11-21(12-10-20)19-35-26(22-5-3-6-23(17-22)34-2)18-30-13-15-31(16-14-30)36(32,33)27-24(28)7-4-8-25(27)29/h3-12,17,26H,13-16,18-19H2,1-2H3/t26-/m0/s1. The van der Waals surface area contributed by atoms with Crippen LogP contribution in [0.2, 0.25) is 0 Å².